The summed E-state index contributed by atoms with van der Waals surface area (Å²) in [4.78, 5) is 24.4. The summed E-state index contributed by atoms with van der Waals surface area (Å²) >= 11 is 7.29. The number of nitrogens with zero attached hydrogens (tertiary/aromatic N) is 3. The Bertz CT molecular complexity index is 915. The molecule has 128 valence electrons. The average molecular weight is 376 g/mol. The van der Waals surface area contributed by atoms with Crippen molar-refractivity contribution in [3.8, 4) is 5.88 Å². The summed E-state index contributed by atoms with van der Waals surface area (Å²) in [5.74, 6) is 0.186. The Kier molecular flexibility index (Phi) is 5.11. The zero-order valence-electron chi connectivity index (χ0n) is 13.4. The van der Waals surface area contributed by atoms with Gasteiger partial charge in [0.05, 0.1) is 21.9 Å². The SMILES string of the molecule is Cc1cc(NC(=O)Oc2nc(C)sc2Nc2cncc(Cl)c2)ccn1. The fourth-order valence-electron chi connectivity index (χ4n) is 2.02. The van der Waals surface area contributed by atoms with Crippen LogP contribution in [0.25, 0.3) is 0 Å². The third-order valence-electron chi connectivity index (χ3n) is 3.00. The van der Waals surface area contributed by atoms with Crippen molar-refractivity contribution in [2.45, 2.75) is 13.8 Å². The first-order valence-corrected chi connectivity index (χ1v) is 8.45. The predicted octanol–water partition coefficient (Wildman–Crippen LogP) is 4.56. The van der Waals surface area contributed by atoms with E-state index < -0.39 is 6.09 Å². The maximum Gasteiger partial charge on any atom is 0.418 e. The number of carbonyl (C=O) groups excluding carboxylic acids is 1. The largest absolute Gasteiger partial charge is 0.418 e. The lowest BCUT2D eigenvalue weighted by Crippen LogP contribution is -2.17. The van der Waals surface area contributed by atoms with E-state index in [-0.39, 0.29) is 5.88 Å². The molecule has 0 bridgehead atoms. The van der Waals surface area contributed by atoms with Crippen molar-refractivity contribution in [2.24, 2.45) is 0 Å². The highest BCUT2D eigenvalue weighted by molar-refractivity contribution is 7.16. The average Bonchev–Trinajstić information content (AvgIpc) is 2.86. The van der Waals surface area contributed by atoms with Crippen LogP contribution in [0.4, 0.5) is 21.2 Å². The minimum Gasteiger partial charge on any atom is -0.388 e. The Morgan fingerprint density at radius 1 is 1.24 bits per heavy atom. The van der Waals surface area contributed by atoms with E-state index >= 15 is 0 Å². The van der Waals surface area contributed by atoms with E-state index in [1.807, 2.05) is 13.8 Å². The Hall–Kier alpha value is -2.71. The summed E-state index contributed by atoms with van der Waals surface area (Å²) in [5.41, 5.74) is 2.06. The summed E-state index contributed by atoms with van der Waals surface area (Å²) < 4.78 is 5.33. The molecule has 7 nitrogen and oxygen atoms in total. The second-order valence-electron chi connectivity index (χ2n) is 5.08. The van der Waals surface area contributed by atoms with Crippen LogP contribution < -0.4 is 15.4 Å². The van der Waals surface area contributed by atoms with Crippen LogP contribution in [-0.2, 0) is 0 Å². The molecular weight excluding hydrogens is 362 g/mol. The number of anilines is 3. The molecule has 3 heterocycles. The number of carbonyl (C=O) groups is 1. The van der Waals surface area contributed by atoms with Crippen LogP contribution in [0.5, 0.6) is 5.88 Å². The number of aromatic nitrogens is 3. The number of aryl methyl sites for hydroxylation is 2. The van der Waals surface area contributed by atoms with Crippen LogP contribution >= 0.6 is 22.9 Å². The second kappa shape index (κ2) is 7.45. The predicted molar refractivity (Wildman–Crippen MR) is 98.0 cm³/mol. The van der Waals surface area contributed by atoms with Gasteiger partial charge in [-0.1, -0.05) is 22.9 Å². The molecule has 0 aliphatic rings. The quantitative estimate of drug-likeness (QED) is 0.695. The number of ether oxygens (including phenoxy) is 1. The lowest BCUT2D eigenvalue weighted by atomic mass is 10.3. The Morgan fingerprint density at radius 3 is 2.84 bits per heavy atom. The third-order valence-corrected chi connectivity index (χ3v) is 4.07. The number of nitrogens with one attached hydrogen (secondary N) is 2. The van der Waals surface area contributed by atoms with Crippen molar-refractivity contribution < 1.29 is 9.53 Å². The van der Waals surface area contributed by atoms with Gasteiger partial charge < -0.3 is 10.1 Å². The Labute approximate surface area is 153 Å². The molecule has 2 N–H and O–H groups in total. The summed E-state index contributed by atoms with van der Waals surface area (Å²) in [6, 6.07) is 5.13. The molecular formula is C16H14ClN5O2S. The maximum absolute atomic E-state index is 12.1. The molecule has 0 spiro atoms. The number of rotatable bonds is 4. The van der Waals surface area contributed by atoms with Gasteiger partial charge in [-0.15, -0.1) is 0 Å². The second-order valence-corrected chi connectivity index (χ2v) is 6.72. The fraction of sp³-hybridized carbons (Fsp3) is 0.125. The summed E-state index contributed by atoms with van der Waals surface area (Å²) in [7, 11) is 0. The molecule has 3 aromatic rings. The van der Waals surface area contributed by atoms with Gasteiger partial charge in [0, 0.05) is 23.8 Å². The van der Waals surface area contributed by atoms with Gasteiger partial charge in [-0.2, -0.15) is 0 Å². The highest BCUT2D eigenvalue weighted by Gasteiger charge is 2.15. The first-order chi connectivity index (χ1) is 12.0. The van der Waals surface area contributed by atoms with E-state index in [2.05, 4.69) is 25.6 Å². The molecule has 1 amide bonds. The van der Waals surface area contributed by atoms with Crippen LogP contribution in [0.15, 0.2) is 36.8 Å². The molecule has 0 fully saturated rings. The number of hydrogen-bond donors (Lipinski definition) is 2. The number of amides is 1. The number of hydrogen-bond acceptors (Lipinski definition) is 7. The zero-order valence-corrected chi connectivity index (χ0v) is 15.0. The van der Waals surface area contributed by atoms with Gasteiger partial charge in [0.25, 0.3) is 5.88 Å². The number of thiazole rings is 1. The van der Waals surface area contributed by atoms with Gasteiger partial charge in [-0.3, -0.25) is 15.3 Å². The van der Waals surface area contributed by atoms with Crippen LogP contribution in [-0.4, -0.2) is 21.0 Å². The molecule has 0 saturated carbocycles. The molecule has 3 aromatic heterocycles. The van der Waals surface area contributed by atoms with Crippen molar-refractivity contribution in [1.29, 1.82) is 0 Å². The highest BCUT2D eigenvalue weighted by Crippen LogP contribution is 2.34. The zero-order chi connectivity index (χ0) is 17.8. The van der Waals surface area contributed by atoms with Crippen molar-refractivity contribution in [1.82, 2.24) is 15.0 Å². The van der Waals surface area contributed by atoms with E-state index in [9.17, 15) is 4.79 Å². The van der Waals surface area contributed by atoms with Crippen molar-refractivity contribution >= 4 is 45.4 Å². The molecule has 0 aliphatic heterocycles. The number of halogens is 1. The van der Waals surface area contributed by atoms with Crippen LogP contribution in [0.1, 0.15) is 10.7 Å². The Balaban J connectivity index is 1.73. The van der Waals surface area contributed by atoms with Gasteiger partial charge in [-0.05, 0) is 32.0 Å². The monoisotopic (exact) mass is 375 g/mol. The Morgan fingerprint density at radius 2 is 2.08 bits per heavy atom. The molecule has 0 unspecified atom stereocenters. The van der Waals surface area contributed by atoms with Crippen LogP contribution in [0, 0.1) is 13.8 Å². The van der Waals surface area contributed by atoms with Crippen molar-refractivity contribution in [2.75, 3.05) is 10.6 Å². The molecule has 0 aromatic carbocycles. The van der Waals surface area contributed by atoms with E-state index in [1.54, 1.807) is 30.6 Å². The third kappa shape index (κ3) is 4.65. The lowest BCUT2D eigenvalue weighted by Gasteiger charge is -2.08. The van der Waals surface area contributed by atoms with Gasteiger partial charge in [0.15, 0.2) is 5.00 Å². The van der Waals surface area contributed by atoms with Gasteiger partial charge >= 0.3 is 6.09 Å². The molecule has 25 heavy (non-hydrogen) atoms. The molecule has 0 atom stereocenters. The smallest absolute Gasteiger partial charge is 0.388 e. The summed E-state index contributed by atoms with van der Waals surface area (Å²) in [6.07, 6.45) is 4.12. The van der Waals surface area contributed by atoms with E-state index in [1.165, 1.54) is 17.5 Å². The van der Waals surface area contributed by atoms with Crippen LogP contribution in [0.2, 0.25) is 5.02 Å². The molecule has 3 rings (SSSR count). The van der Waals surface area contributed by atoms with Crippen molar-refractivity contribution in [3.05, 3.63) is 52.5 Å². The van der Waals surface area contributed by atoms with Gasteiger partial charge in [-0.25, -0.2) is 9.78 Å². The minimum atomic E-state index is -0.636. The molecule has 0 aliphatic carbocycles. The summed E-state index contributed by atoms with van der Waals surface area (Å²) in [6.45, 7) is 3.66. The van der Waals surface area contributed by atoms with Gasteiger partial charge in [0.1, 0.15) is 0 Å². The molecule has 0 saturated heterocycles. The van der Waals surface area contributed by atoms with E-state index in [0.717, 1.165) is 10.7 Å². The molecule has 9 heteroatoms. The topological polar surface area (TPSA) is 89.0 Å². The van der Waals surface area contributed by atoms with Crippen LogP contribution in [0.3, 0.4) is 0 Å². The fourth-order valence-corrected chi connectivity index (χ4v) is 2.96. The highest BCUT2D eigenvalue weighted by atomic mass is 35.5. The standard InChI is InChI=1S/C16H14ClN5O2S/c1-9-5-12(3-4-19-9)22-16(23)24-14-15(25-10(2)20-14)21-13-6-11(17)7-18-8-13/h3-8,21H,1-2H3,(H,19,22,23). The van der Waals surface area contributed by atoms with Gasteiger partial charge in [0.2, 0.25) is 0 Å². The lowest BCUT2D eigenvalue weighted by molar-refractivity contribution is 0.214. The first kappa shape index (κ1) is 17.1. The molecule has 0 radical (unpaired) electrons. The summed E-state index contributed by atoms with van der Waals surface area (Å²) in [5, 5.41) is 7.58. The van der Waals surface area contributed by atoms with E-state index in [0.29, 0.717) is 21.4 Å². The minimum absolute atomic E-state index is 0.186. The first-order valence-electron chi connectivity index (χ1n) is 7.26. The number of pyridine rings is 2. The normalized spacial score (nSPS) is 10.4. The maximum atomic E-state index is 12.1. The van der Waals surface area contributed by atoms with Crippen molar-refractivity contribution in [3.63, 3.8) is 0 Å². The van der Waals surface area contributed by atoms with E-state index in [4.69, 9.17) is 16.3 Å².